The summed E-state index contributed by atoms with van der Waals surface area (Å²) in [6, 6.07) is 7.95. The molecule has 0 aromatic heterocycles. The van der Waals surface area contributed by atoms with E-state index in [-0.39, 0.29) is 0 Å². The summed E-state index contributed by atoms with van der Waals surface area (Å²) in [4.78, 5) is 0. The molecule has 0 saturated heterocycles. The number of rotatable bonds is 1. The van der Waals surface area contributed by atoms with Gasteiger partial charge in [-0.15, -0.1) is 0 Å². The van der Waals surface area contributed by atoms with Gasteiger partial charge in [-0.1, -0.05) is 18.2 Å². The SMILES string of the molecule is NCN1NN=Cc2ccccc21. The zero-order chi connectivity index (χ0) is 8.39. The van der Waals surface area contributed by atoms with Gasteiger partial charge < -0.3 is 5.73 Å². The summed E-state index contributed by atoms with van der Waals surface area (Å²) in [6.45, 7) is 0.411. The summed E-state index contributed by atoms with van der Waals surface area (Å²) in [7, 11) is 0. The van der Waals surface area contributed by atoms with Crippen molar-refractivity contribution in [3.8, 4) is 0 Å². The van der Waals surface area contributed by atoms with Crippen molar-refractivity contribution in [3.63, 3.8) is 0 Å². The van der Waals surface area contributed by atoms with E-state index in [2.05, 4.69) is 10.6 Å². The van der Waals surface area contributed by atoms with Crippen molar-refractivity contribution in [2.75, 3.05) is 11.7 Å². The molecule has 4 nitrogen and oxygen atoms in total. The van der Waals surface area contributed by atoms with Crippen molar-refractivity contribution in [1.82, 2.24) is 5.53 Å². The molecule has 0 radical (unpaired) electrons. The predicted octanol–water partition coefficient (Wildman–Crippen LogP) is 0.261. The van der Waals surface area contributed by atoms with E-state index in [4.69, 9.17) is 5.73 Å². The third-order valence-electron chi connectivity index (χ3n) is 1.79. The zero-order valence-corrected chi connectivity index (χ0v) is 6.57. The van der Waals surface area contributed by atoms with Gasteiger partial charge in [-0.25, -0.2) is 5.53 Å². The Morgan fingerprint density at radius 1 is 1.42 bits per heavy atom. The van der Waals surface area contributed by atoms with Crippen LogP contribution in [0.25, 0.3) is 0 Å². The van der Waals surface area contributed by atoms with Crippen LogP contribution in [0.4, 0.5) is 5.69 Å². The molecule has 1 aromatic carbocycles. The van der Waals surface area contributed by atoms with Gasteiger partial charge >= 0.3 is 0 Å². The van der Waals surface area contributed by atoms with Crippen molar-refractivity contribution in [1.29, 1.82) is 0 Å². The average molecular weight is 162 g/mol. The second-order valence-electron chi connectivity index (χ2n) is 2.53. The monoisotopic (exact) mass is 162 g/mol. The summed E-state index contributed by atoms with van der Waals surface area (Å²) < 4.78 is 0. The molecule has 0 saturated carbocycles. The fourth-order valence-corrected chi connectivity index (χ4v) is 1.20. The molecule has 0 aliphatic carbocycles. The van der Waals surface area contributed by atoms with E-state index in [1.807, 2.05) is 24.3 Å². The number of nitrogens with zero attached hydrogens (tertiary/aromatic N) is 2. The van der Waals surface area contributed by atoms with Gasteiger partial charge in [0.25, 0.3) is 0 Å². The molecule has 62 valence electrons. The van der Waals surface area contributed by atoms with Gasteiger partial charge in [0.2, 0.25) is 0 Å². The number of para-hydroxylation sites is 1. The molecule has 3 N–H and O–H groups in total. The molecular weight excluding hydrogens is 152 g/mol. The lowest BCUT2D eigenvalue weighted by Gasteiger charge is -2.25. The molecule has 0 spiro atoms. The van der Waals surface area contributed by atoms with E-state index < -0.39 is 0 Å². The fourth-order valence-electron chi connectivity index (χ4n) is 1.20. The first-order valence-electron chi connectivity index (χ1n) is 3.77. The maximum Gasteiger partial charge on any atom is 0.0879 e. The quantitative estimate of drug-likeness (QED) is 0.623. The largest absolute Gasteiger partial charge is 0.312 e. The zero-order valence-electron chi connectivity index (χ0n) is 6.57. The van der Waals surface area contributed by atoms with E-state index in [1.165, 1.54) is 0 Å². The fraction of sp³-hybridized carbons (Fsp3) is 0.125. The van der Waals surface area contributed by atoms with Crippen molar-refractivity contribution in [2.24, 2.45) is 10.8 Å². The third kappa shape index (κ3) is 1.02. The lowest BCUT2D eigenvalue weighted by Crippen LogP contribution is -2.41. The standard InChI is InChI=1S/C8H10N4/c9-6-12-8-4-2-1-3-7(8)5-10-11-12/h1-5,11H,6,9H2. The number of anilines is 1. The highest BCUT2D eigenvalue weighted by atomic mass is 15.7. The van der Waals surface area contributed by atoms with E-state index in [0.29, 0.717) is 6.67 Å². The van der Waals surface area contributed by atoms with E-state index in [1.54, 1.807) is 11.2 Å². The normalized spacial score (nSPS) is 13.9. The van der Waals surface area contributed by atoms with Gasteiger partial charge in [-0.2, -0.15) is 5.10 Å². The Balaban J connectivity index is 2.45. The van der Waals surface area contributed by atoms with Crippen LogP contribution in [0.5, 0.6) is 0 Å². The molecule has 1 aliphatic heterocycles. The van der Waals surface area contributed by atoms with Crippen molar-refractivity contribution in [3.05, 3.63) is 29.8 Å². The minimum absolute atomic E-state index is 0.411. The van der Waals surface area contributed by atoms with Crippen molar-refractivity contribution < 1.29 is 0 Å². The maximum absolute atomic E-state index is 5.51. The Bertz CT molecular complexity index is 308. The lowest BCUT2D eigenvalue weighted by molar-refractivity contribution is 0.659. The summed E-state index contributed by atoms with van der Waals surface area (Å²) >= 11 is 0. The second-order valence-corrected chi connectivity index (χ2v) is 2.53. The Kier molecular flexibility index (Phi) is 1.68. The summed E-state index contributed by atoms with van der Waals surface area (Å²) in [6.07, 6.45) is 1.78. The minimum atomic E-state index is 0.411. The molecule has 1 aliphatic rings. The molecule has 0 atom stereocenters. The molecule has 4 heteroatoms. The topological polar surface area (TPSA) is 53.6 Å². The highest BCUT2D eigenvalue weighted by Crippen LogP contribution is 2.18. The number of hydrogen-bond acceptors (Lipinski definition) is 4. The number of fused-ring (bicyclic) bond motifs is 1. The smallest absolute Gasteiger partial charge is 0.0879 e. The van der Waals surface area contributed by atoms with Crippen molar-refractivity contribution in [2.45, 2.75) is 0 Å². The van der Waals surface area contributed by atoms with Crippen LogP contribution in [-0.4, -0.2) is 12.9 Å². The van der Waals surface area contributed by atoms with Gasteiger partial charge in [0.15, 0.2) is 0 Å². The number of hydrazone groups is 1. The van der Waals surface area contributed by atoms with Crippen LogP contribution in [0.2, 0.25) is 0 Å². The molecular formula is C8H10N4. The Labute approximate surface area is 70.6 Å². The van der Waals surface area contributed by atoms with Crippen LogP contribution in [0, 0.1) is 0 Å². The maximum atomic E-state index is 5.51. The first-order chi connectivity index (χ1) is 5.92. The molecule has 1 heterocycles. The van der Waals surface area contributed by atoms with E-state index >= 15 is 0 Å². The summed E-state index contributed by atoms with van der Waals surface area (Å²) in [5, 5.41) is 5.73. The van der Waals surface area contributed by atoms with E-state index in [9.17, 15) is 0 Å². The molecule has 0 unspecified atom stereocenters. The lowest BCUT2D eigenvalue weighted by atomic mass is 10.2. The highest BCUT2D eigenvalue weighted by molar-refractivity contribution is 5.89. The molecule has 0 bridgehead atoms. The molecule has 12 heavy (non-hydrogen) atoms. The molecule has 0 fully saturated rings. The number of benzene rings is 1. The summed E-state index contributed by atoms with van der Waals surface area (Å²) in [5.41, 5.74) is 10.5. The number of nitrogens with one attached hydrogen (secondary N) is 1. The molecule has 1 aromatic rings. The number of hydrazine groups is 1. The second kappa shape index (κ2) is 2.83. The van der Waals surface area contributed by atoms with Crippen LogP contribution < -0.4 is 16.3 Å². The predicted molar refractivity (Wildman–Crippen MR) is 48.7 cm³/mol. The Morgan fingerprint density at radius 3 is 3.08 bits per heavy atom. The number of hydrogen-bond donors (Lipinski definition) is 2. The van der Waals surface area contributed by atoms with Crippen LogP contribution in [0.1, 0.15) is 5.56 Å². The number of nitrogens with two attached hydrogens (primary N) is 1. The van der Waals surface area contributed by atoms with Gasteiger partial charge in [0, 0.05) is 5.56 Å². The third-order valence-corrected chi connectivity index (χ3v) is 1.79. The molecule has 2 rings (SSSR count). The Morgan fingerprint density at radius 2 is 2.25 bits per heavy atom. The van der Waals surface area contributed by atoms with Gasteiger partial charge in [0.1, 0.15) is 0 Å². The highest BCUT2D eigenvalue weighted by Gasteiger charge is 2.09. The summed E-state index contributed by atoms with van der Waals surface area (Å²) in [5.74, 6) is 0. The minimum Gasteiger partial charge on any atom is -0.312 e. The Hall–Kier alpha value is -1.55. The van der Waals surface area contributed by atoms with Crippen LogP contribution >= 0.6 is 0 Å². The first kappa shape index (κ1) is 7.12. The molecule has 0 amide bonds. The van der Waals surface area contributed by atoms with Crippen LogP contribution in [0.3, 0.4) is 0 Å². The van der Waals surface area contributed by atoms with Crippen LogP contribution in [0.15, 0.2) is 29.4 Å². The van der Waals surface area contributed by atoms with E-state index in [0.717, 1.165) is 11.3 Å². The van der Waals surface area contributed by atoms with Crippen LogP contribution in [-0.2, 0) is 0 Å². The van der Waals surface area contributed by atoms with Gasteiger partial charge in [-0.3, -0.25) is 5.01 Å². The first-order valence-corrected chi connectivity index (χ1v) is 3.77. The van der Waals surface area contributed by atoms with Gasteiger partial charge in [-0.05, 0) is 6.07 Å². The van der Waals surface area contributed by atoms with Crippen molar-refractivity contribution >= 4 is 11.9 Å². The average Bonchev–Trinajstić information content (AvgIpc) is 2.17. The van der Waals surface area contributed by atoms with Gasteiger partial charge in [0.05, 0.1) is 18.6 Å².